The third kappa shape index (κ3) is 3.36. The summed E-state index contributed by atoms with van der Waals surface area (Å²) in [5.74, 6) is 0.349. The van der Waals surface area contributed by atoms with Gasteiger partial charge in [0.05, 0.1) is 6.61 Å². The Bertz CT molecular complexity index is 504. The molecule has 2 aliphatic heterocycles. The maximum absolute atomic E-state index is 12.2. The van der Waals surface area contributed by atoms with Gasteiger partial charge in [0.1, 0.15) is 12.3 Å². The van der Waals surface area contributed by atoms with Gasteiger partial charge in [-0.3, -0.25) is 5.32 Å². The third-order valence-corrected chi connectivity index (χ3v) is 4.10. The Morgan fingerprint density at radius 3 is 2.90 bits per heavy atom. The Balaban J connectivity index is 1.53. The van der Waals surface area contributed by atoms with Gasteiger partial charge in [-0.05, 0) is 19.4 Å². The first-order chi connectivity index (χ1) is 10.0. The van der Waals surface area contributed by atoms with Crippen LogP contribution in [0.2, 0.25) is 0 Å². The average Bonchev–Trinajstić information content (AvgIpc) is 2.87. The fourth-order valence-corrected chi connectivity index (χ4v) is 2.97. The van der Waals surface area contributed by atoms with E-state index in [1.54, 1.807) is 4.90 Å². The van der Waals surface area contributed by atoms with Crippen LogP contribution in [-0.4, -0.2) is 42.5 Å². The van der Waals surface area contributed by atoms with Crippen molar-refractivity contribution in [2.45, 2.75) is 32.2 Å². The number of rotatable bonds is 2. The standard InChI is InChI=1S/C16H22N2O3/c1-16(2)17-14-9-18(8-13(14)11-21-16)15(19)20-10-12-6-4-3-5-7-12/h3-7,13-14,17H,8-11H2,1-2H3/t13-,14+/m1/s1. The van der Waals surface area contributed by atoms with E-state index in [2.05, 4.69) is 5.32 Å². The monoisotopic (exact) mass is 290 g/mol. The number of nitrogens with zero attached hydrogens (tertiary/aromatic N) is 1. The summed E-state index contributed by atoms with van der Waals surface area (Å²) in [5.41, 5.74) is 0.690. The molecule has 0 spiro atoms. The van der Waals surface area contributed by atoms with E-state index in [4.69, 9.17) is 9.47 Å². The number of benzene rings is 1. The van der Waals surface area contributed by atoms with E-state index in [0.717, 1.165) is 5.56 Å². The first kappa shape index (κ1) is 14.4. The molecule has 2 aliphatic rings. The number of hydrogen-bond acceptors (Lipinski definition) is 4. The molecule has 0 bridgehead atoms. The highest BCUT2D eigenvalue weighted by molar-refractivity contribution is 5.68. The van der Waals surface area contributed by atoms with Crippen LogP contribution in [0.5, 0.6) is 0 Å². The molecule has 2 saturated heterocycles. The molecule has 1 N–H and O–H groups in total. The largest absolute Gasteiger partial charge is 0.445 e. The van der Waals surface area contributed by atoms with Crippen molar-refractivity contribution in [2.75, 3.05) is 19.7 Å². The smallest absolute Gasteiger partial charge is 0.410 e. The fourth-order valence-electron chi connectivity index (χ4n) is 2.97. The Morgan fingerprint density at radius 1 is 1.38 bits per heavy atom. The van der Waals surface area contributed by atoms with Crippen molar-refractivity contribution in [3.8, 4) is 0 Å². The molecular weight excluding hydrogens is 268 g/mol. The zero-order valence-corrected chi connectivity index (χ0v) is 12.5. The zero-order chi connectivity index (χ0) is 14.9. The van der Waals surface area contributed by atoms with E-state index in [0.29, 0.717) is 32.2 Å². The second-order valence-electron chi connectivity index (χ2n) is 6.28. The molecule has 0 unspecified atom stereocenters. The van der Waals surface area contributed by atoms with Gasteiger partial charge in [-0.15, -0.1) is 0 Å². The van der Waals surface area contributed by atoms with Crippen molar-refractivity contribution in [2.24, 2.45) is 5.92 Å². The summed E-state index contributed by atoms with van der Waals surface area (Å²) in [6, 6.07) is 10.0. The van der Waals surface area contributed by atoms with Crippen molar-refractivity contribution < 1.29 is 14.3 Å². The van der Waals surface area contributed by atoms with E-state index in [1.807, 2.05) is 44.2 Å². The van der Waals surface area contributed by atoms with Crippen molar-refractivity contribution in [1.29, 1.82) is 0 Å². The Hall–Kier alpha value is -1.59. The van der Waals surface area contributed by atoms with Crippen LogP contribution in [0.15, 0.2) is 30.3 Å². The number of fused-ring (bicyclic) bond motifs is 1. The number of carbonyl (C=O) groups excluding carboxylic acids is 1. The first-order valence-electron chi connectivity index (χ1n) is 7.41. The van der Waals surface area contributed by atoms with Crippen LogP contribution >= 0.6 is 0 Å². The lowest BCUT2D eigenvalue weighted by molar-refractivity contribution is -0.101. The Morgan fingerprint density at radius 2 is 2.14 bits per heavy atom. The van der Waals surface area contributed by atoms with Gasteiger partial charge in [0.15, 0.2) is 0 Å². The molecule has 0 aromatic heterocycles. The van der Waals surface area contributed by atoms with Gasteiger partial charge in [-0.1, -0.05) is 30.3 Å². The van der Waals surface area contributed by atoms with Gasteiger partial charge < -0.3 is 14.4 Å². The number of carbonyl (C=O) groups is 1. The van der Waals surface area contributed by atoms with Crippen molar-refractivity contribution >= 4 is 6.09 Å². The number of ether oxygens (including phenoxy) is 2. The molecule has 2 heterocycles. The van der Waals surface area contributed by atoms with E-state index >= 15 is 0 Å². The minimum atomic E-state index is -0.314. The van der Waals surface area contributed by atoms with Crippen LogP contribution in [-0.2, 0) is 16.1 Å². The predicted molar refractivity (Wildman–Crippen MR) is 78.6 cm³/mol. The molecule has 21 heavy (non-hydrogen) atoms. The number of amides is 1. The predicted octanol–water partition coefficient (Wildman–Crippen LogP) is 1.98. The summed E-state index contributed by atoms with van der Waals surface area (Å²) < 4.78 is 11.1. The SMILES string of the molecule is CC1(C)N[C@H]2CN(C(=O)OCc3ccccc3)C[C@@H]2CO1. The van der Waals surface area contributed by atoms with Crippen LogP contribution in [0.3, 0.4) is 0 Å². The summed E-state index contributed by atoms with van der Waals surface area (Å²) in [5, 5.41) is 3.44. The summed E-state index contributed by atoms with van der Waals surface area (Å²) >= 11 is 0. The van der Waals surface area contributed by atoms with E-state index in [1.165, 1.54) is 0 Å². The molecular formula is C16H22N2O3. The lowest BCUT2D eigenvalue weighted by Gasteiger charge is -2.38. The maximum atomic E-state index is 12.2. The van der Waals surface area contributed by atoms with Crippen LogP contribution in [0.4, 0.5) is 4.79 Å². The molecule has 1 aromatic carbocycles. The highest BCUT2D eigenvalue weighted by atomic mass is 16.6. The normalized spacial score (nSPS) is 27.2. The van der Waals surface area contributed by atoms with Gasteiger partial charge in [-0.2, -0.15) is 0 Å². The summed E-state index contributed by atoms with van der Waals surface area (Å²) in [6.45, 7) is 6.42. The van der Waals surface area contributed by atoms with Gasteiger partial charge in [0.2, 0.25) is 0 Å². The highest BCUT2D eigenvalue weighted by Crippen LogP contribution is 2.26. The molecule has 2 atom stereocenters. The van der Waals surface area contributed by atoms with Gasteiger partial charge in [0, 0.05) is 25.0 Å². The molecule has 5 nitrogen and oxygen atoms in total. The summed E-state index contributed by atoms with van der Waals surface area (Å²) in [7, 11) is 0. The van der Waals surface area contributed by atoms with Gasteiger partial charge in [0.25, 0.3) is 0 Å². The maximum Gasteiger partial charge on any atom is 0.410 e. The van der Waals surface area contributed by atoms with E-state index in [-0.39, 0.29) is 17.9 Å². The lowest BCUT2D eigenvalue weighted by atomic mass is 10.0. The summed E-state index contributed by atoms with van der Waals surface area (Å²) in [4.78, 5) is 13.9. The molecule has 1 aromatic rings. The van der Waals surface area contributed by atoms with E-state index < -0.39 is 0 Å². The van der Waals surface area contributed by atoms with Crippen LogP contribution in [0.25, 0.3) is 0 Å². The summed E-state index contributed by atoms with van der Waals surface area (Å²) in [6.07, 6.45) is -0.243. The molecule has 1 amide bonds. The van der Waals surface area contributed by atoms with Crippen LogP contribution in [0.1, 0.15) is 19.4 Å². The molecule has 2 fully saturated rings. The minimum absolute atomic E-state index is 0.243. The van der Waals surface area contributed by atoms with E-state index in [9.17, 15) is 4.79 Å². The minimum Gasteiger partial charge on any atom is -0.445 e. The van der Waals surface area contributed by atoms with Crippen molar-refractivity contribution in [1.82, 2.24) is 10.2 Å². The lowest BCUT2D eigenvalue weighted by Crippen LogP contribution is -2.56. The second kappa shape index (κ2) is 5.66. The fraction of sp³-hybridized carbons (Fsp3) is 0.562. The third-order valence-electron chi connectivity index (χ3n) is 4.10. The van der Waals surface area contributed by atoms with Gasteiger partial charge >= 0.3 is 6.09 Å². The number of likely N-dealkylation sites (tertiary alicyclic amines) is 1. The van der Waals surface area contributed by atoms with Crippen molar-refractivity contribution in [3.63, 3.8) is 0 Å². The Kier molecular flexibility index (Phi) is 3.87. The molecule has 114 valence electrons. The van der Waals surface area contributed by atoms with Crippen LogP contribution < -0.4 is 5.32 Å². The molecule has 0 radical (unpaired) electrons. The number of nitrogens with one attached hydrogen (secondary N) is 1. The number of hydrogen-bond donors (Lipinski definition) is 1. The molecule has 0 aliphatic carbocycles. The van der Waals surface area contributed by atoms with Crippen molar-refractivity contribution in [3.05, 3.63) is 35.9 Å². The topological polar surface area (TPSA) is 50.8 Å². The quantitative estimate of drug-likeness (QED) is 0.905. The zero-order valence-electron chi connectivity index (χ0n) is 12.5. The Labute approximate surface area is 125 Å². The molecule has 5 heteroatoms. The molecule has 0 saturated carbocycles. The highest BCUT2D eigenvalue weighted by Gasteiger charge is 2.42. The first-order valence-corrected chi connectivity index (χ1v) is 7.41. The average molecular weight is 290 g/mol. The van der Waals surface area contributed by atoms with Crippen LogP contribution in [0, 0.1) is 5.92 Å². The molecule has 3 rings (SSSR count). The van der Waals surface area contributed by atoms with Gasteiger partial charge in [-0.25, -0.2) is 4.79 Å². The second-order valence-corrected chi connectivity index (χ2v) is 6.28.